The first kappa shape index (κ1) is 10.5. The molecule has 6 atom stereocenters. The molecule has 2 aliphatic carbocycles. The third-order valence-electron chi connectivity index (χ3n) is 4.29. The van der Waals surface area contributed by atoms with Gasteiger partial charge < -0.3 is 9.47 Å². The van der Waals surface area contributed by atoms with Crippen molar-refractivity contribution in [2.24, 2.45) is 23.7 Å². The number of methoxy groups -OCH3 is 1. The van der Waals surface area contributed by atoms with E-state index in [0.29, 0.717) is 6.42 Å². The maximum Gasteiger partial charge on any atom is 0.310 e. The summed E-state index contributed by atoms with van der Waals surface area (Å²) in [4.78, 5) is 33.8. The molecule has 92 valence electrons. The summed E-state index contributed by atoms with van der Waals surface area (Å²) >= 11 is 0. The number of nitrogens with zero attached hydrogens (tertiary/aromatic N) is 1. The third-order valence-corrected chi connectivity index (χ3v) is 4.29. The number of hydrogen-bond donors (Lipinski definition) is 0. The van der Waals surface area contributed by atoms with Crippen molar-refractivity contribution in [3.63, 3.8) is 0 Å². The lowest BCUT2D eigenvalue weighted by molar-refractivity contribution is -0.547. The average molecular weight is 241 g/mol. The van der Waals surface area contributed by atoms with Gasteiger partial charge in [-0.2, -0.15) is 0 Å². The molecule has 0 amide bonds. The molecule has 2 aliphatic heterocycles. The molecule has 0 aromatic rings. The minimum Gasteiger partial charge on any atom is -0.469 e. The summed E-state index contributed by atoms with van der Waals surface area (Å²) in [5.41, 5.74) is 0. The molecule has 0 radical (unpaired) electrons. The molecule has 0 aromatic carbocycles. The lowest BCUT2D eigenvalue weighted by Crippen LogP contribution is -2.58. The second kappa shape index (κ2) is 3.18. The molecule has 2 heterocycles. The molecule has 2 saturated carbocycles. The second-order valence-corrected chi connectivity index (χ2v) is 4.82. The summed E-state index contributed by atoms with van der Waals surface area (Å²) in [6.45, 7) is 0. The van der Waals surface area contributed by atoms with Crippen LogP contribution in [-0.4, -0.2) is 36.1 Å². The van der Waals surface area contributed by atoms with Crippen molar-refractivity contribution in [3.05, 3.63) is 10.1 Å². The van der Waals surface area contributed by atoms with Crippen LogP contribution >= 0.6 is 0 Å². The quantitative estimate of drug-likeness (QED) is 0.371. The number of rotatable bonds is 2. The smallest absolute Gasteiger partial charge is 0.310 e. The third kappa shape index (κ3) is 1.11. The van der Waals surface area contributed by atoms with E-state index < -0.39 is 35.9 Å². The Labute approximate surface area is 96.2 Å². The van der Waals surface area contributed by atoms with Crippen LogP contribution in [0.3, 0.4) is 0 Å². The highest BCUT2D eigenvalue weighted by Gasteiger charge is 2.73. The Hall–Kier alpha value is -1.66. The van der Waals surface area contributed by atoms with Gasteiger partial charge in [0, 0.05) is 16.8 Å². The van der Waals surface area contributed by atoms with Crippen LogP contribution in [0.2, 0.25) is 0 Å². The fourth-order valence-corrected chi connectivity index (χ4v) is 3.75. The van der Waals surface area contributed by atoms with E-state index in [1.54, 1.807) is 0 Å². The summed E-state index contributed by atoms with van der Waals surface area (Å²) in [7, 11) is 1.26. The molecule has 17 heavy (non-hydrogen) atoms. The molecule has 0 spiro atoms. The van der Waals surface area contributed by atoms with Gasteiger partial charge in [-0.3, -0.25) is 19.7 Å². The van der Waals surface area contributed by atoms with Gasteiger partial charge in [-0.05, 0) is 6.42 Å². The molecule has 4 fully saturated rings. The molecule has 4 aliphatic rings. The lowest BCUT2D eigenvalue weighted by atomic mass is 9.73. The lowest BCUT2D eigenvalue weighted by Gasteiger charge is -2.39. The van der Waals surface area contributed by atoms with E-state index in [-0.39, 0.29) is 16.8 Å². The highest BCUT2D eigenvalue weighted by atomic mass is 16.6. The minimum atomic E-state index is -0.844. The van der Waals surface area contributed by atoms with Gasteiger partial charge in [0.05, 0.1) is 18.9 Å². The van der Waals surface area contributed by atoms with E-state index in [2.05, 4.69) is 4.74 Å². The molecule has 2 saturated heterocycles. The first-order chi connectivity index (χ1) is 8.06. The molecule has 0 N–H and O–H groups in total. The highest BCUT2D eigenvalue weighted by Crippen LogP contribution is 2.58. The minimum absolute atomic E-state index is 0.245. The molecule has 4 rings (SSSR count). The number of nitro groups is 1. The van der Waals surface area contributed by atoms with Crippen molar-refractivity contribution >= 4 is 11.9 Å². The van der Waals surface area contributed by atoms with Gasteiger partial charge in [-0.15, -0.1) is 0 Å². The van der Waals surface area contributed by atoms with Crippen molar-refractivity contribution in [1.82, 2.24) is 0 Å². The van der Waals surface area contributed by atoms with Crippen molar-refractivity contribution in [2.75, 3.05) is 7.11 Å². The monoisotopic (exact) mass is 241 g/mol. The SMILES string of the molecule is COC(=O)C1C2CC3C1C(=O)OC2C3[N+](=O)[O-]. The Balaban J connectivity index is 1.97. The van der Waals surface area contributed by atoms with Crippen LogP contribution in [0, 0.1) is 33.8 Å². The average Bonchev–Trinajstić information content (AvgIpc) is 2.79. The molecule has 0 aromatic heterocycles. The van der Waals surface area contributed by atoms with Crippen molar-refractivity contribution in [3.8, 4) is 0 Å². The van der Waals surface area contributed by atoms with E-state index >= 15 is 0 Å². The van der Waals surface area contributed by atoms with E-state index in [9.17, 15) is 19.7 Å². The maximum absolute atomic E-state index is 11.6. The van der Waals surface area contributed by atoms with Crippen LogP contribution in [0.15, 0.2) is 0 Å². The largest absolute Gasteiger partial charge is 0.469 e. The normalized spacial score (nSPS) is 45.8. The fraction of sp³-hybridized carbons (Fsp3) is 0.800. The summed E-state index contributed by atoms with van der Waals surface area (Å²) in [6.07, 6.45) is -0.247. The number of fused-ring (bicyclic) bond motifs is 1. The number of hydrogen-bond acceptors (Lipinski definition) is 6. The van der Waals surface area contributed by atoms with Crippen LogP contribution in [-0.2, 0) is 19.1 Å². The Morgan fingerprint density at radius 1 is 1.53 bits per heavy atom. The van der Waals surface area contributed by atoms with E-state index in [1.807, 2.05) is 0 Å². The standard InChI is InChI=1S/C10H11NO6/c1-16-9(12)6-4-2-3-5(6)10(13)17-8(4)7(3)11(14)15/h3-8H,2H2,1H3. The van der Waals surface area contributed by atoms with Crippen LogP contribution in [0.1, 0.15) is 6.42 Å². The maximum atomic E-state index is 11.6. The Morgan fingerprint density at radius 3 is 2.76 bits per heavy atom. The summed E-state index contributed by atoms with van der Waals surface area (Å²) in [5, 5.41) is 10.9. The summed E-state index contributed by atoms with van der Waals surface area (Å²) in [6, 6.07) is -0.844. The Kier molecular flexibility index (Phi) is 1.96. The van der Waals surface area contributed by atoms with Crippen molar-refractivity contribution in [2.45, 2.75) is 18.6 Å². The molecular formula is C10H11NO6. The number of carbonyl (C=O) groups is 2. The van der Waals surface area contributed by atoms with Crippen LogP contribution in [0.25, 0.3) is 0 Å². The number of ether oxygens (including phenoxy) is 2. The van der Waals surface area contributed by atoms with Gasteiger partial charge in [0.2, 0.25) is 0 Å². The first-order valence-corrected chi connectivity index (χ1v) is 5.48. The topological polar surface area (TPSA) is 95.7 Å². The predicted octanol–water partition coefficient (Wildman–Crippen LogP) is -0.388. The molecule has 4 bridgehead atoms. The van der Waals surface area contributed by atoms with Gasteiger partial charge in [0.1, 0.15) is 0 Å². The highest BCUT2D eigenvalue weighted by molar-refractivity contribution is 5.86. The number of carbonyl (C=O) groups excluding carboxylic acids is 2. The summed E-state index contributed by atoms with van der Waals surface area (Å²) < 4.78 is 9.72. The van der Waals surface area contributed by atoms with Crippen molar-refractivity contribution in [1.29, 1.82) is 0 Å². The predicted molar refractivity (Wildman–Crippen MR) is 51.3 cm³/mol. The second-order valence-electron chi connectivity index (χ2n) is 4.82. The zero-order chi connectivity index (χ0) is 12.3. The first-order valence-electron chi connectivity index (χ1n) is 5.48. The Morgan fingerprint density at radius 2 is 2.24 bits per heavy atom. The molecule has 7 nitrogen and oxygen atoms in total. The van der Waals surface area contributed by atoms with E-state index in [0.717, 1.165) is 0 Å². The molecule has 6 unspecified atom stereocenters. The zero-order valence-electron chi connectivity index (χ0n) is 9.07. The fourth-order valence-electron chi connectivity index (χ4n) is 3.75. The van der Waals surface area contributed by atoms with Gasteiger partial charge >= 0.3 is 11.9 Å². The van der Waals surface area contributed by atoms with Gasteiger partial charge in [-0.1, -0.05) is 0 Å². The summed E-state index contributed by atoms with van der Waals surface area (Å²) in [5.74, 6) is -2.79. The van der Waals surface area contributed by atoms with Gasteiger partial charge in [0.15, 0.2) is 6.10 Å². The van der Waals surface area contributed by atoms with Crippen molar-refractivity contribution < 1.29 is 24.0 Å². The van der Waals surface area contributed by atoms with E-state index in [4.69, 9.17) is 4.74 Å². The zero-order valence-corrected chi connectivity index (χ0v) is 9.07. The van der Waals surface area contributed by atoms with Crippen LogP contribution in [0.5, 0.6) is 0 Å². The number of esters is 2. The van der Waals surface area contributed by atoms with Gasteiger partial charge in [0.25, 0.3) is 6.04 Å². The van der Waals surface area contributed by atoms with Gasteiger partial charge in [-0.25, -0.2) is 0 Å². The van der Waals surface area contributed by atoms with Crippen LogP contribution in [0.4, 0.5) is 0 Å². The Bertz CT molecular complexity index is 419. The van der Waals surface area contributed by atoms with Crippen LogP contribution < -0.4 is 0 Å². The molecular weight excluding hydrogens is 230 g/mol. The van der Waals surface area contributed by atoms with E-state index in [1.165, 1.54) is 7.11 Å². The molecule has 7 heteroatoms.